The summed E-state index contributed by atoms with van der Waals surface area (Å²) in [4.78, 5) is 55.8. The molecule has 0 spiro atoms. The topological polar surface area (TPSA) is 88.5 Å². The van der Waals surface area contributed by atoms with Crippen LogP contribution in [0.3, 0.4) is 0 Å². The summed E-state index contributed by atoms with van der Waals surface area (Å²) in [5, 5.41) is 5.07. The van der Waals surface area contributed by atoms with E-state index in [2.05, 4.69) is 5.32 Å². The predicted octanol–water partition coefficient (Wildman–Crippen LogP) is 5.06. The number of thiophene rings is 1. The third-order valence-corrected chi connectivity index (χ3v) is 10.2. The van der Waals surface area contributed by atoms with E-state index in [4.69, 9.17) is 11.6 Å². The highest BCUT2D eigenvalue weighted by Gasteiger charge is 2.57. The Bertz CT molecular complexity index is 1560. The maximum atomic E-state index is 13.7. The fraction of sp³-hybridized carbons (Fsp3) is 0.154. The molecule has 7 nitrogen and oxygen atoms in total. The molecule has 0 saturated carbocycles. The van der Waals surface area contributed by atoms with Crippen LogP contribution in [-0.4, -0.2) is 27.5 Å². The second-order valence-electron chi connectivity index (χ2n) is 8.58. The van der Waals surface area contributed by atoms with Gasteiger partial charge in [0.1, 0.15) is 11.8 Å². The quantitative estimate of drug-likeness (QED) is 0.341. The summed E-state index contributed by atoms with van der Waals surface area (Å²) in [7, 11) is 0. The van der Waals surface area contributed by atoms with Gasteiger partial charge in [-0.25, -0.2) is 4.90 Å². The number of rotatable bonds is 5. The van der Waals surface area contributed by atoms with Gasteiger partial charge >= 0.3 is 4.87 Å². The lowest BCUT2D eigenvalue weighted by Gasteiger charge is -2.29. The Morgan fingerprint density at radius 2 is 1.70 bits per heavy atom. The fourth-order valence-electron chi connectivity index (χ4n) is 4.74. The lowest BCUT2D eigenvalue weighted by Crippen LogP contribution is -2.32. The number of nitrogens with one attached hydrogen (secondary N) is 1. The second kappa shape index (κ2) is 9.60. The Hall–Kier alpha value is -3.18. The van der Waals surface area contributed by atoms with E-state index in [1.54, 1.807) is 36.4 Å². The Kier molecular flexibility index (Phi) is 6.28. The Morgan fingerprint density at radius 3 is 2.41 bits per heavy atom. The highest BCUT2D eigenvalue weighted by molar-refractivity contribution is 8.00. The molecule has 11 heteroatoms. The van der Waals surface area contributed by atoms with Gasteiger partial charge in [0.15, 0.2) is 0 Å². The van der Waals surface area contributed by atoms with Gasteiger partial charge in [0.05, 0.1) is 16.6 Å². The lowest BCUT2D eigenvalue weighted by atomic mass is 9.87. The number of thioether (sulfide) groups is 1. The standard InChI is InChI=1S/C26H18ClN3O4S3/c27-14-8-10-16(11-9-14)30-23(32)20-19(17-7-4-12-35-17)22-25(36-21(20)24(30)33)29(26(34)37-22)13-18(31)28-15-5-2-1-3-6-15/h1-12,19-21H,13H2,(H,28,31)/t19-,20+,21-/m0/s1. The van der Waals surface area contributed by atoms with Crippen LogP contribution in [0.5, 0.6) is 0 Å². The number of halogens is 1. The van der Waals surface area contributed by atoms with Crippen molar-refractivity contribution < 1.29 is 14.4 Å². The summed E-state index contributed by atoms with van der Waals surface area (Å²) in [6, 6.07) is 19.4. The molecule has 0 bridgehead atoms. The first-order valence-electron chi connectivity index (χ1n) is 11.3. The Labute approximate surface area is 228 Å². The van der Waals surface area contributed by atoms with Crippen molar-refractivity contribution in [3.8, 4) is 0 Å². The molecular weight excluding hydrogens is 550 g/mol. The number of benzene rings is 2. The van der Waals surface area contributed by atoms with Crippen LogP contribution in [0.1, 0.15) is 15.7 Å². The number of thiazole rings is 1. The highest BCUT2D eigenvalue weighted by Crippen LogP contribution is 2.54. The van der Waals surface area contributed by atoms with Crippen molar-refractivity contribution in [3.05, 3.63) is 96.6 Å². The van der Waals surface area contributed by atoms with Gasteiger partial charge in [-0.2, -0.15) is 0 Å². The van der Waals surface area contributed by atoms with Crippen LogP contribution < -0.4 is 15.1 Å². The zero-order chi connectivity index (χ0) is 25.7. The number of carbonyl (C=O) groups excluding carboxylic acids is 3. The van der Waals surface area contributed by atoms with E-state index in [1.165, 1.54) is 32.6 Å². The minimum atomic E-state index is -0.722. The van der Waals surface area contributed by atoms with Crippen LogP contribution in [0.4, 0.5) is 11.4 Å². The zero-order valence-electron chi connectivity index (χ0n) is 19.0. The van der Waals surface area contributed by atoms with E-state index < -0.39 is 17.1 Å². The van der Waals surface area contributed by atoms with Crippen LogP contribution >= 0.6 is 46.0 Å². The highest BCUT2D eigenvalue weighted by atomic mass is 35.5. The van der Waals surface area contributed by atoms with Gasteiger partial charge in [0.25, 0.3) is 0 Å². The molecule has 6 rings (SSSR count). The molecule has 2 aromatic carbocycles. The van der Waals surface area contributed by atoms with Crippen LogP contribution in [-0.2, 0) is 20.9 Å². The summed E-state index contributed by atoms with van der Waals surface area (Å²) in [5.41, 5.74) is 1.09. The van der Waals surface area contributed by atoms with Gasteiger partial charge in [-0.3, -0.25) is 23.7 Å². The number of aromatic nitrogens is 1. The molecule has 37 heavy (non-hydrogen) atoms. The number of amides is 3. The van der Waals surface area contributed by atoms with E-state index in [0.717, 1.165) is 16.2 Å². The molecule has 1 fully saturated rings. The number of hydrogen-bond donors (Lipinski definition) is 1. The molecule has 0 radical (unpaired) electrons. The van der Waals surface area contributed by atoms with Crippen molar-refractivity contribution in [1.82, 2.24) is 4.57 Å². The molecule has 0 unspecified atom stereocenters. The summed E-state index contributed by atoms with van der Waals surface area (Å²) in [5.74, 6) is -2.10. The predicted molar refractivity (Wildman–Crippen MR) is 147 cm³/mol. The van der Waals surface area contributed by atoms with Gasteiger partial charge < -0.3 is 5.32 Å². The number of carbonyl (C=O) groups is 3. The maximum Gasteiger partial charge on any atom is 0.308 e. The third kappa shape index (κ3) is 4.23. The first-order valence-corrected chi connectivity index (χ1v) is 14.3. The molecule has 1 N–H and O–H groups in total. The van der Waals surface area contributed by atoms with E-state index >= 15 is 0 Å². The maximum absolute atomic E-state index is 13.7. The molecule has 2 aromatic heterocycles. The van der Waals surface area contributed by atoms with E-state index in [9.17, 15) is 19.2 Å². The molecule has 2 aliphatic rings. The molecule has 3 atom stereocenters. The number of fused-ring (bicyclic) bond motifs is 2. The first-order chi connectivity index (χ1) is 17.9. The summed E-state index contributed by atoms with van der Waals surface area (Å²) in [6.45, 7) is -0.190. The van der Waals surface area contributed by atoms with Gasteiger partial charge in [-0.1, -0.05) is 59.0 Å². The third-order valence-electron chi connectivity index (χ3n) is 6.34. The molecule has 186 valence electrons. The lowest BCUT2D eigenvalue weighted by molar-refractivity contribution is -0.122. The fourth-order valence-corrected chi connectivity index (χ4v) is 8.59. The Morgan fingerprint density at radius 1 is 0.946 bits per heavy atom. The molecule has 3 amide bonds. The number of para-hydroxylation sites is 1. The van der Waals surface area contributed by atoms with Crippen LogP contribution in [0.15, 0.2) is 81.9 Å². The molecule has 1 saturated heterocycles. The van der Waals surface area contributed by atoms with Gasteiger partial charge in [0, 0.05) is 26.4 Å². The number of imide groups is 1. The first kappa shape index (κ1) is 24.2. The van der Waals surface area contributed by atoms with Gasteiger partial charge in [-0.15, -0.1) is 11.3 Å². The normalized spacial score (nSPS) is 20.6. The minimum absolute atomic E-state index is 0.190. The monoisotopic (exact) mass is 567 g/mol. The van der Waals surface area contributed by atoms with Crippen LogP contribution in [0.2, 0.25) is 5.02 Å². The number of anilines is 2. The van der Waals surface area contributed by atoms with Crippen molar-refractivity contribution in [2.45, 2.75) is 22.7 Å². The zero-order valence-corrected chi connectivity index (χ0v) is 22.2. The summed E-state index contributed by atoms with van der Waals surface area (Å²) < 4.78 is 1.42. The average molecular weight is 568 g/mol. The van der Waals surface area contributed by atoms with Crippen molar-refractivity contribution in [3.63, 3.8) is 0 Å². The minimum Gasteiger partial charge on any atom is -0.325 e. The van der Waals surface area contributed by atoms with Gasteiger partial charge in [0.2, 0.25) is 17.7 Å². The Balaban J connectivity index is 1.39. The summed E-state index contributed by atoms with van der Waals surface area (Å²) in [6.07, 6.45) is 0. The van der Waals surface area contributed by atoms with E-state index in [-0.39, 0.29) is 29.1 Å². The van der Waals surface area contributed by atoms with Crippen molar-refractivity contribution in [1.29, 1.82) is 0 Å². The molecule has 4 heterocycles. The largest absolute Gasteiger partial charge is 0.325 e. The summed E-state index contributed by atoms with van der Waals surface area (Å²) >= 11 is 9.74. The number of hydrogen-bond acceptors (Lipinski definition) is 7. The molecular formula is C26H18ClN3O4S3. The average Bonchev–Trinajstić information content (AvgIpc) is 3.58. The van der Waals surface area contributed by atoms with Crippen LogP contribution in [0.25, 0.3) is 0 Å². The van der Waals surface area contributed by atoms with E-state index in [1.807, 2.05) is 35.7 Å². The second-order valence-corrected chi connectivity index (χ2v) is 12.1. The van der Waals surface area contributed by atoms with Crippen molar-refractivity contribution in [2.75, 3.05) is 10.2 Å². The SMILES string of the molecule is O=C(Cn1c2c(sc1=O)[C@@H](c1cccs1)[C@H]1C(=O)N(c3ccc(Cl)cc3)C(=O)[C@H]1S2)Nc1ccccc1. The molecule has 2 aliphatic heterocycles. The van der Waals surface area contributed by atoms with E-state index in [0.29, 0.717) is 26.3 Å². The van der Waals surface area contributed by atoms with Gasteiger partial charge in [-0.05, 0) is 47.8 Å². The molecule has 4 aromatic rings. The molecule has 0 aliphatic carbocycles. The van der Waals surface area contributed by atoms with Crippen molar-refractivity contribution in [2.24, 2.45) is 5.92 Å². The number of nitrogens with zero attached hydrogens (tertiary/aromatic N) is 2. The smallest absolute Gasteiger partial charge is 0.308 e. The van der Waals surface area contributed by atoms with Crippen molar-refractivity contribution >= 4 is 75.1 Å². The van der Waals surface area contributed by atoms with Crippen LogP contribution in [0, 0.1) is 5.92 Å².